The van der Waals surface area contributed by atoms with Crippen molar-refractivity contribution in [2.75, 3.05) is 105 Å². The number of carbonyl (C=O) groups is 13. The van der Waals surface area contributed by atoms with Gasteiger partial charge in [0.15, 0.2) is 0 Å². The highest BCUT2D eigenvalue weighted by atomic mass is 16.4. The predicted molar refractivity (Wildman–Crippen MR) is 373 cm³/mol. The molecule has 1 aliphatic heterocycles. The highest BCUT2D eigenvalue weighted by Gasteiger charge is 2.33. The Balaban J connectivity index is 1.26. The van der Waals surface area contributed by atoms with E-state index in [1.54, 1.807) is 26.5 Å². The lowest BCUT2D eigenvalue weighted by Crippen LogP contribution is -2.54. The van der Waals surface area contributed by atoms with Crippen LogP contribution in [0, 0.1) is 17.8 Å². The molecule has 0 bridgehead atoms. The van der Waals surface area contributed by atoms with E-state index in [0.717, 1.165) is 28.3 Å². The zero-order valence-electron chi connectivity index (χ0n) is 58.4. The number of hydrogen-bond donors (Lipinski definition) is 15. The average molecular weight is 1430 g/mol. The van der Waals surface area contributed by atoms with Gasteiger partial charge in [-0.05, 0) is 110 Å². The lowest BCUT2D eigenvalue weighted by molar-refractivity contribution is -0.141. The van der Waals surface area contributed by atoms with Crippen LogP contribution in [0.25, 0.3) is 10.8 Å². The summed E-state index contributed by atoms with van der Waals surface area (Å²) in [6.07, 6.45) is 2.09. The molecule has 2 aliphatic rings. The van der Waals surface area contributed by atoms with Gasteiger partial charge in [-0.1, -0.05) is 80.6 Å². The van der Waals surface area contributed by atoms with Gasteiger partial charge in [-0.25, -0.2) is 0 Å². The van der Waals surface area contributed by atoms with Crippen LogP contribution < -0.4 is 48.3 Å². The smallest absolute Gasteiger partial charge is 0.320 e. The van der Waals surface area contributed by atoms with Crippen LogP contribution in [-0.2, 0) is 75.2 Å². The topological polar surface area (TPSA) is 479 Å². The third-order valence-electron chi connectivity index (χ3n) is 18.1. The summed E-state index contributed by atoms with van der Waals surface area (Å²) in [4.78, 5) is 173. The van der Waals surface area contributed by atoms with Crippen molar-refractivity contribution in [2.24, 2.45) is 23.5 Å². The maximum Gasteiger partial charge on any atom is 0.320 e. The number of carbonyl (C=O) groups excluding carboxylic acids is 7. The molecular formula is C70H103N13O19. The standard InChI is InChI=1S/C70H103N13O19/c1-44(2)34-46-11-16-49(17-12-46)45(3)64(94)78-57(37-58(71)84)68(98)73-25-23-53(77-59(85)39-80-26-28-81(40-61(88)89)30-32-83(42-63(92)93)33-31-82(29-27-80)41-62(90)91)66(96)74-38-47-13-19-51(20-14-47)65(95)79-56(36-48-15-18-50-8-4-5-9-52(50)35-48)67(97)72-24-7-6-10-54(69(99)100)75-43-76-55(70(101)102)21-22-60(86)87/h4-5,8-9,11-12,15-18,35,44-45,47,51,53-57,75-76H,6-7,10,13-14,19-34,36-43H2,1-3H3,(H2,71,84)(H,72,97)(H,73,98)(H,74,96)(H,77,85)(H,78,94)(H,79,95)(H,86,87)(H,88,89)(H,90,91)(H,92,93)(H,99,100)(H,101,102). The fourth-order valence-electron chi connectivity index (χ4n) is 12.3. The SMILES string of the molecule is CC(C)Cc1ccc(C(C)C(=O)NC(CC(N)=O)C(=O)NCCC(NC(=O)CN2CCN(CC(=O)O)CCN(CC(=O)O)CCN(CC(=O)O)CC2)C(=O)NCC2CCC(C(=O)NC(Cc3ccc4ccccc4c3)C(=O)NCCCCC(NCNC(CCC(=O)O)C(=O)O)C(=O)O)CC2)cc1. The van der Waals surface area contributed by atoms with E-state index in [0.29, 0.717) is 50.0 Å². The van der Waals surface area contributed by atoms with Gasteiger partial charge < -0.3 is 68.3 Å². The van der Waals surface area contributed by atoms with Gasteiger partial charge in [-0.3, -0.25) is 92.6 Å². The van der Waals surface area contributed by atoms with Crippen molar-refractivity contribution >= 4 is 87.9 Å². The zero-order valence-corrected chi connectivity index (χ0v) is 58.4. The largest absolute Gasteiger partial charge is 0.481 e. The van der Waals surface area contributed by atoms with Crippen molar-refractivity contribution in [1.82, 2.24) is 62.1 Å². The van der Waals surface area contributed by atoms with E-state index in [9.17, 15) is 87.9 Å². The molecule has 1 heterocycles. The second-order valence-corrected chi connectivity index (χ2v) is 26.8. The number of benzene rings is 3. The molecule has 32 nitrogen and oxygen atoms in total. The molecule has 1 saturated heterocycles. The molecule has 7 amide bonds. The van der Waals surface area contributed by atoms with Gasteiger partial charge in [-0.15, -0.1) is 0 Å². The van der Waals surface area contributed by atoms with Crippen molar-refractivity contribution < 1.29 is 93.0 Å². The Bertz CT molecular complexity index is 3280. The number of nitrogens with two attached hydrogens (primary N) is 1. The van der Waals surface area contributed by atoms with Crippen molar-refractivity contribution in [3.8, 4) is 0 Å². The molecule has 6 unspecified atom stereocenters. The number of amides is 7. The Morgan fingerprint density at radius 3 is 1.52 bits per heavy atom. The van der Waals surface area contributed by atoms with Crippen LogP contribution in [0.5, 0.6) is 0 Å². The molecule has 1 saturated carbocycles. The van der Waals surface area contributed by atoms with Crippen LogP contribution in [0.4, 0.5) is 0 Å². The van der Waals surface area contributed by atoms with Gasteiger partial charge in [0.05, 0.1) is 38.5 Å². The average Bonchev–Trinajstić information content (AvgIpc) is 0.838. The second kappa shape index (κ2) is 43.6. The number of aliphatic carboxylic acids is 6. The highest BCUT2D eigenvalue weighted by molar-refractivity contribution is 5.94. The van der Waals surface area contributed by atoms with E-state index < -0.39 is 139 Å². The van der Waals surface area contributed by atoms with Crippen LogP contribution in [-0.4, -0.2) is 262 Å². The summed E-state index contributed by atoms with van der Waals surface area (Å²) in [5.74, 6) is -12.4. The van der Waals surface area contributed by atoms with E-state index in [2.05, 4.69) is 56.4 Å². The van der Waals surface area contributed by atoms with Crippen LogP contribution in [0.3, 0.4) is 0 Å². The Morgan fingerprint density at radius 2 is 0.990 bits per heavy atom. The first-order valence-corrected chi connectivity index (χ1v) is 34.8. The minimum Gasteiger partial charge on any atom is -0.481 e. The number of fused-ring (bicyclic) bond motifs is 1. The van der Waals surface area contributed by atoms with E-state index in [4.69, 9.17) is 10.8 Å². The van der Waals surface area contributed by atoms with Crippen molar-refractivity contribution in [3.05, 3.63) is 83.4 Å². The minimum absolute atomic E-state index is 0.0987. The molecular weight excluding hydrogens is 1330 g/mol. The number of hydrogen-bond acceptors (Lipinski definition) is 19. The summed E-state index contributed by atoms with van der Waals surface area (Å²) < 4.78 is 0. The molecule has 3 aromatic rings. The molecule has 32 heteroatoms. The molecule has 5 rings (SSSR count). The van der Waals surface area contributed by atoms with Gasteiger partial charge in [0.25, 0.3) is 0 Å². The predicted octanol–water partition coefficient (Wildman–Crippen LogP) is -0.187. The monoisotopic (exact) mass is 1430 g/mol. The highest BCUT2D eigenvalue weighted by Crippen LogP contribution is 2.29. The maximum absolute atomic E-state index is 14.4. The van der Waals surface area contributed by atoms with Gasteiger partial charge in [0.1, 0.15) is 30.2 Å². The first kappa shape index (κ1) is 83.5. The molecule has 0 aromatic heterocycles. The zero-order chi connectivity index (χ0) is 74.8. The van der Waals surface area contributed by atoms with Gasteiger partial charge in [0, 0.05) is 97.4 Å². The van der Waals surface area contributed by atoms with Crippen LogP contribution in [0.15, 0.2) is 66.7 Å². The summed E-state index contributed by atoms with van der Waals surface area (Å²) >= 11 is 0. The molecule has 1 aliphatic carbocycles. The number of nitrogens with zero attached hydrogens (tertiary/aromatic N) is 4. The second-order valence-electron chi connectivity index (χ2n) is 26.8. The molecule has 16 N–H and O–H groups in total. The van der Waals surface area contributed by atoms with Crippen molar-refractivity contribution in [1.29, 1.82) is 0 Å². The van der Waals surface area contributed by atoms with Crippen molar-refractivity contribution in [2.45, 2.75) is 140 Å². The summed E-state index contributed by atoms with van der Waals surface area (Å²) in [5.41, 5.74) is 8.09. The summed E-state index contributed by atoms with van der Waals surface area (Å²) in [7, 11) is 0. The van der Waals surface area contributed by atoms with E-state index >= 15 is 0 Å². The molecule has 6 atom stereocenters. The van der Waals surface area contributed by atoms with Gasteiger partial charge >= 0.3 is 35.8 Å². The molecule has 0 radical (unpaired) electrons. The quantitative estimate of drug-likeness (QED) is 0.0258. The molecule has 0 spiro atoms. The summed E-state index contributed by atoms with van der Waals surface area (Å²) in [5, 5.41) is 81.5. The van der Waals surface area contributed by atoms with Gasteiger partial charge in [0.2, 0.25) is 41.4 Å². The number of nitrogens with one attached hydrogen (secondary N) is 8. The van der Waals surface area contributed by atoms with Crippen LogP contribution in [0.1, 0.15) is 114 Å². The molecule has 102 heavy (non-hydrogen) atoms. The third kappa shape index (κ3) is 31.4. The fourth-order valence-corrected chi connectivity index (χ4v) is 12.3. The van der Waals surface area contributed by atoms with Crippen molar-refractivity contribution in [3.63, 3.8) is 0 Å². The Morgan fingerprint density at radius 1 is 0.480 bits per heavy atom. The first-order chi connectivity index (χ1) is 48.5. The fraction of sp³-hybridized carbons (Fsp3) is 0.586. The number of carboxylic acids is 6. The molecule has 2 fully saturated rings. The third-order valence-corrected chi connectivity index (χ3v) is 18.1. The first-order valence-electron chi connectivity index (χ1n) is 34.8. The van der Waals surface area contributed by atoms with E-state index in [-0.39, 0.29) is 129 Å². The van der Waals surface area contributed by atoms with Crippen LogP contribution in [0.2, 0.25) is 0 Å². The number of rotatable bonds is 42. The van der Waals surface area contributed by atoms with E-state index in [1.807, 2.05) is 66.7 Å². The maximum atomic E-state index is 14.4. The van der Waals surface area contributed by atoms with Gasteiger partial charge in [-0.2, -0.15) is 0 Å². The lowest BCUT2D eigenvalue weighted by Gasteiger charge is -2.33. The molecule has 562 valence electrons. The number of primary amides is 1. The van der Waals surface area contributed by atoms with Crippen LogP contribution >= 0.6 is 0 Å². The van der Waals surface area contributed by atoms with E-state index in [1.165, 1.54) is 0 Å². The lowest BCUT2D eigenvalue weighted by atomic mass is 9.81. The summed E-state index contributed by atoms with van der Waals surface area (Å²) in [6, 6.07) is 14.9. The Kier molecular flexibility index (Phi) is 35.6. The number of carboxylic acid groups (broad SMARTS) is 6. The minimum atomic E-state index is -1.41. The Hall–Kier alpha value is -9.21. The summed E-state index contributed by atoms with van der Waals surface area (Å²) in [6.45, 7) is 5.07. The molecule has 3 aromatic carbocycles. The Labute approximate surface area is 593 Å². The number of unbranched alkanes of at least 4 members (excludes halogenated alkanes) is 1. The normalized spacial score (nSPS) is 17.7.